The van der Waals surface area contributed by atoms with Crippen molar-refractivity contribution in [1.29, 1.82) is 0 Å². The van der Waals surface area contributed by atoms with Crippen molar-refractivity contribution < 1.29 is 17.9 Å². The van der Waals surface area contributed by atoms with E-state index in [2.05, 4.69) is 15.9 Å². The van der Waals surface area contributed by atoms with Gasteiger partial charge in [0.25, 0.3) is 0 Å². The van der Waals surface area contributed by atoms with E-state index in [1.807, 2.05) is 25.1 Å². The number of halogens is 4. The number of alkyl halides is 3. The van der Waals surface area contributed by atoms with Crippen LogP contribution >= 0.6 is 15.9 Å². The molecule has 0 saturated heterocycles. The van der Waals surface area contributed by atoms with Gasteiger partial charge >= 0.3 is 6.18 Å². The Morgan fingerprint density at radius 3 is 2.57 bits per heavy atom. The minimum absolute atomic E-state index is 0.236. The van der Waals surface area contributed by atoms with Gasteiger partial charge in [0.15, 0.2) is 0 Å². The summed E-state index contributed by atoms with van der Waals surface area (Å²) in [5.74, 6) is 0.533. The fourth-order valence-electron chi connectivity index (χ4n) is 2.56. The van der Waals surface area contributed by atoms with Crippen LogP contribution in [-0.2, 0) is 12.6 Å². The second-order valence-electron chi connectivity index (χ2n) is 5.19. The second kappa shape index (κ2) is 5.05. The molecular weight excluding hydrogens is 345 g/mol. The van der Waals surface area contributed by atoms with Crippen LogP contribution < -0.4 is 4.74 Å². The highest BCUT2D eigenvalue weighted by atomic mass is 79.9. The molecule has 1 aliphatic heterocycles. The third kappa shape index (κ3) is 2.93. The summed E-state index contributed by atoms with van der Waals surface area (Å²) in [6.07, 6.45) is -4.10. The van der Waals surface area contributed by atoms with E-state index in [4.69, 9.17) is 4.74 Å². The molecule has 0 aliphatic carbocycles. The van der Waals surface area contributed by atoms with Crippen LogP contribution in [0.5, 0.6) is 5.75 Å². The molecule has 0 aromatic heterocycles. The molecule has 1 heterocycles. The molecular formula is C16H12BrF3O. The van der Waals surface area contributed by atoms with Crippen molar-refractivity contribution in [1.82, 2.24) is 0 Å². The van der Waals surface area contributed by atoms with E-state index in [-0.39, 0.29) is 6.10 Å². The summed E-state index contributed by atoms with van der Waals surface area (Å²) in [5, 5.41) is 0. The van der Waals surface area contributed by atoms with E-state index in [9.17, 15) is 13.2 Å². The third-order valence-corrected chi connectivity index (χ3v) is 3.96. The fraction of sp³-hybridized carbons (Fsp3) is 0.250. The number of hydrogen-bond donors (Lipinski definition) is 0. The molecule has 0 radical (unpaired) electrons. The van der Waals surface area contributed by atoms with Gasteiger partial charge in [0.1, 0.15) is 11.9 Å². The van der Waals surface area contributed by atoms with Crippen molar-refractivity contribution in [2.45, 2.75) is 25.6 Å². The Balaban J connectivity index is 1.91. The normalized spacial score (nSPS) is 17.5. The van der Waals surface area contributed by atoms with Gasteiger partial charge in [-0.25, -0.2) is 0 Å². The highest BCUT2D eigenvalue weighted by Crippen LogP contribution is 2.40. The first kappa shape index (κ1) is 14.4. The first-order valence-corrected chi connectivity index (χ1v) is 7.26. The van der Waals surface area contributed by atoms with Crippen molar-refractivity contribution in [2.75, 3.05) is 0 Å². The topological polar surface area (TPSA) is 9.23 Å². The zero-order chi connectivity index (χ0) is 15.2. The third-order valence-electron chi connectivity index (χ3n) is 3.50. The number of aryl methyl sites for hydroxylation is 1. The van der Waals surface area contributed by atoms with Crippen LogP contribution in [-0.4, -0.2) is 0 Å². The van der Waals surface area contributed by atoms with Crippen molar-refractivity contribution in [3.05, 3.63) is 63.1 Å². The van der Waals surface area contributed by atoms with Crippen LogP contribution in [0.1, 0.15) is 28.4 Å². The van der Waals surface area contributed by atoms with Crippen LogP contribution in [0.2, 0.25) is 0 Å². The van der Waals surface area contributed by atoms with Crippen molar-refractivity contribution in [3.63, 3.8) is 0 Å². The number of benzene rings is 2. The molecule has 0 amide bonds. The molecule has 0 fully saturated rings. The predicted octanol–water partition coefficient (Wildman–Crippen LogP) is 5.45. The maximum absolute atomic E-state index is 12.7. The van der Waals surface area contributed by atoms with E-state index < -0.39 is 11.7 Å². The van der Waals surface area contributed by atoms with Crippen LogP contribution in [0, 0.1) is 6.92 Å². The lowest BCUT2D eigenvalue weighted by atomic mass is 10.0. The molecule has 110 valence electrons. The number of fused-ring (bicyclic) bond motifs is 1. The van der Waals surface area contributed by atoms with E-state index in [0.717, 1.165) is 21.7 Å². The summed E-state index contributed by atoms with van der Waals surface area (Å²) in [5.41, 5.74) is 2.02. The molecule has 2 aromatic carbocycles. The number of ether oxygens (including phenoxy) is 1. The summed E-state index contributed by atoms with van der Waals surface area (Å²) in [7, 11) is 0. The van der Waals surface area contributed by atoms with E-state index in [1.54, 1.807) is 0 Å². The summed E-state index contributed by atoms with van der Waals surface area (Å²) in [4.78, 5) is 0. The smallest absolute Gasteiger partial charge is 0.416 e. The molecule has 0 saturated carbocycles. The minimum atomic E-state index is -4.32. The predicted molar refractivity (Wildman–Crippen MR) is 77.4 cm³/mol. The number of hydrogen-bond acceptors (Lipinski definition) is 1. The highest BCUT2D eigenvalue weighted by Gasteiger charge is 2.33. The molecule has 0 bridgehead atoms. The molecule has 3 rings (SSSR count). The molecule has 2 aromatic rings. The second-order valence-corrected chi connectivity index (χ2v) is 6.11. The van der Waals surface area contributed by atoms with Gasteiger partial charge < -0.3 is 4.74 Å². The molecule has 1 unspecified atom stereocenters. The molecule has 1 aliphatic rings. The van der Waals surface area contributed by atoms with Gasteiger partial charge in [-0.2, -0.15) is 13.2 Å². The monoisotopic (exact) mass is 356 g/mol. The Kier molecular flexibility index (Phi) is 3.48. The molecule has 0 N–H and O–H groups in total. The summed E-state index contributed by atoms with van der Waals surface area (Å²) < 4.78 is 44.9. The van der Waals surface area contributed by atoms with Crippen LogP contribution in [0.3, 0.4) is 0 Å². The lowest BCUT2D eigenvalue weighted by molar-refractivity contribution is -0.137. The van der Waals surface area contributed by atoms with Gasteiger partial charge in [0, 0.05) is 10.9 Å². The van der Waals surface area contributed by atoms with E-state index in [0.29, 0.717) is 17.7 Å². The largest absolute Gasteiger partial charge is 0.485 e. The van der Waals surface area contributed by atoms with Gasteiger partial charge in [0.05, 0.1) is 5.56 Å². The van der Waals surface area contributed by atoms with Crippen molar-refractivity contribution in [3.8, 4) is 5.75 Å². The Hall–Kier alpha value is -1.49. The Morgan fingerprint density at radius 1 is 1.14 bits per heavy atom. The van der Waals surface area contributed by atoms with Gasteiger partial charge in [0.2, 0.25) is 0 Å². The molecule has 0 spiro atoms. The first-order chi connectivity index (χ1) is 9.83. The van der Waals surface area contributed by atoms with Crippen LogP contribution in [0.15, 0.2) is 40.9 Å². The summed E-state index contributed by atoms with van der Waals surface area (Å²) >= 11 is 3.43. The zero-order valence-electron chi connectivity index (χ0n) is 11.2. The highest BCUT2D eigenvalue weighted by molar-refractivity contribution is 9.10. The van der Waals surface area contributed by atoms with E-state index in [1.165, 1.54) is 12.1 Å². The van der Waals surface area contributed by atoms with Gasteiger partial charge in [-0.05, 0) is 53.9 Å². The maximum Gasteiger partial charge on any atom is 0.416 e. The molecule has 1 atom stereocenters. The Morgan fingerprint density at radius 2 is 1.90 bits per heavy atom. The average molecular weight is 357 g/mol. The average Bonchev–Trinajstić information content (AvgIpc) is 2.79. The standard InChI is InChI=1S/C16H12BrF3O/c1-9-4-10(7-13(17)5-9)15-8-11-6-12(16(18,19)20)2-3-14(11)21-15/h2-7,15H,8H2,1H3. The van der Waals surface area contributed by atoms with Crippen LogP contribution in [0.25, 0.3) is 0 Å². The first-order valence-electron chi connectivity index (χ1n) is 6.47. The fourth-order valence-corrected chi connectivity index (χ4v) is 3.19. The lowest BCUT2D eigenvalue weighted by Gasteiger charge is -2.12. The number of rotatable bonds is 1. The molecule has 1 nitrogen and oxygen atoms in total. The Bertz CT molecular complexity index is 674. The van der Waals surface area contributed by atoms with Gasteiger partial charge in [-0.15, -0.1) is 0 Å². The van der Waals surface area contributed by atoms with Crippen LogP contribution in [0.4, 0.5) is 13.2 Å². The molecule has 21 heavy (non-hydrogen) atoms. The molecule has 5 heteroatoms. The summed E-state index contributed by atoms with van der Waals surface area (Å²) in [6.45, 7) is 1.97. The zero-order valence-corrected chi connectivity index (χ0v) is 12.8. The SMILES string of the molecule is Cc1cc(Br)cc(C2Cc3cc(C(F)(F)F)ccc3O2)c1. The summed E-state index contributed by atoms with van der Waals surface area (Å²) in [6, 6.07) is 9.56. The van der Waals surface area contributed by atoms with Gasteiger partial charge in [-0.1, -0.05) is 22.0 Å². The Labute approximate surface area is 128 Å². The van der Waals surface area contributed by atoms with Crippen molar-refractivity contribution in [2.24, 2.45) is 0 Å². The van der Waals surface area contributed by atoms with Crippen molar-refractivity contribution >= 4 is 15.9 Å². The van der Waals surface area contributed by atoms with E-state index >= 15 is 0 Å². The minimum Gasteiger partial charge on any atom is -0.485 e. The van der Waals surface area contributed by atoms with Gasteiger partial charge in [-0.3, -0.25) is 0 Å². The lowest BCUT2D eigenvalue weighted by Crippen LogP contribution is -2.04. The maximum atomic E-state index is 12.7. The quantitative estimate of drug-likeness (QED) is 0.659.